The molecule has 0 aliphatic rings. The van der Waals surface area contributed by atoms with Crippen molar-refractivity contribution >= 4 is 11.6 Å². The van der Waals surface area contributed by atoms with E-state index in [0.717, 1.165) is 31.9 Å². The minimum atomic E-state index is -0.568. The Morgan fingerprint density at radius 1 is 1.53 bits per heavy atom. The van der Waals surface area contributed by atoms with Gasteiger partial charge in [-0.25, -0.2) is 4.98 Å². The zero-order valence-electron chi connectivity index (χ0n) is 11.3. The van der Waals surface area contributed by atoms with Crippen LogP contribution in [0.3, 0.4) is 0 Å². The van der Waals surface area contributed by atoms with E-state index < -0.39 is 4.92 Å². The van der Waals surface area contributed by atoms with Gasteiger partial charge < -0.3 is 10.5 Å². The van der Waals surface area contributed by atoms with Gasteiger partial charge in [-0.1, -0.05) is 33.1 Å². The molecule has 7 nitrogen and oxygen atoms in total. The number of nitrogens with two attached hydrogens (primary N) is 1. The molecule has 1 atom stereocenters. The molecule has 1 heterocycles. The van der Waals surface area contributed by atoms with Crippen LogP contribution < -0.4 is 10.5 Å². The number of nitro groups is 1. The van der Waals surface area contributed by atoms with E-state index in [2.05, 4.69) is 23.8 Å². The van der Waals surface area contributed by atoms with Gasteiger partial charge in [-0.3, -0.25) is 10.1 Å². The number of ether oxygens (including phenoxy) is 1. The van der Waals surface area contributed by atoms with Gasteiger partial charge in [0.25, 0.3) is 5.88 Å². The van der Waals surface area contributed by atoms with Gasteiger partial charge in [-0.2, -0.15) is 4.98 Å². The van der Waals surface area contributed by atoms with Gasteiger partial charge >= 0.3 is 5.69 Å². The standard InChI is InChI=1S/C12H20N4O3/c1-3-5-6-9(4-2)8-19-11-10(16(17)18)7-14-12(13)15-11/h7,9H,3-6,8H2,1-2H3,(H2,13,14,15). The molecule has 0 fully saturated rings. The number of aromatic nitrogens is 2. The summed E-state index contributed by atoms with van der Waals surface area (Å²) < 4.78 is 5.46. The highest BCUT2D eigenvalue weighted by Gasteiger charge is 2.19. The summed E-state index contributed by atoms with van der Waals surface area (Å²) in [5.74, 6) is 0.297. The second-order valence-corrected chi connectivity index (χ2v) is 4.40. The van der Waals surface area contributed by atoms with Crippen LogP contribution in [0.4, 0.5) is 11.6 Å². The Morgan fingerprint density at radius 3 is 2.84 bits per heavy atom. The Labute approximate surface area is 112 Å². The number of unbranched alkanes of at least 4 members (excludes halogenated alkanes) is 1. The molecule has 1 unspecified atom stereocenters. The fourth-order valence-electron chi connectivity index (χ4n) is 1.70. The maximum atomic E-state index is 10.8. The molecule has 0 saturated heterocycles. The Hall–Kier alpha value is -1.92. The number of anilines is 1. The average Bonchev–Trinajstić information content (AvgIpc) is 2.38. The number of hydrogen-bond donors (Lipinski definition) is 1. The van der Waals surface area contributed by atoms with E-state index in [1.54, 1.807) is 0 Å². The first-order valence-corrected chi connectivity index (χ1v) is 6.48. The van der Waals surface area contributed by atoms with E-state index in [0.29, 0.717) is 12.5 Å². The highest BCUT2D eigenvalue weighted by atomic mass is 16.6. The molecule has 19 heavy (non-hydrogen) atoms. The number of rotatable bonds is 8. The van der Waals surface area contributed by atoms with Crippen LogP contribution in [0.2, 0.25) is 0 Å². The van der Waals surface area contributed by atoms with Crippen molar-refractivity contribution in [1.82, 2.24) is 9.97 Å². The van der Waals surface area contributed by atoms with Crippen molar-refractivity contribution in [2.75, 3.05) is 12.3 Å². The molecular formula is C12H20N4O3. The lowest BCUT2D eigenvalue weighted by Crippen LogP contribution is -2.13. The van der Waals surface area contributed by atoms with Crippen LogP contribution in [-0.4, -0.2) is 21.5 Å². The van der Waals surface area contributed by atoms with Crippen molar-refractivity contribution in [3.05, 3.63) is 16.3 Å². The van der Waals surface area contributed by atoms with Gasteiger partial charge in [0.15, 0.2) is 0 Å². The summed E-state index contributed by atoms with van der Waals surface area (Å²) in [4.78, 5) is 17.6. The van der Waals surface area contributed by atoms with E-state index in [4.69, 9.17) is 10.5 Å². The van der Waals surface area contributed by atoms with Crippen LogP contribution in [0.1, 0.15) is 39.5 Å². The lowest BCUT2D eigenvalue weighted by atomic mass is 10.0. The molecule has 0 bridgehead atoms. The van der Waals surface area contributed by atoms with Crippen LogP contribution in [0.5, 0.6) is 5.88 Å². The number of hydrogen-bond acceptors (Lipinski definition) is 6. The molecule has 0 saturated carbocycles. The minimum absolute atomic E-state index is 0.0257. The van der Waals surface area contributed by atoms with E-state index in [9.17, 15) is 10.1 Å². The summed E-state index contributed by atoms with van der Waals surface area (Å²) in [6.07, 6.45) is 5.33. The molecule has 0 radical (unpaired) electrons. The fraction of sp³-hybridized carbons (Fsp3) is 0.667. The van der Waals surface area contributed by atoms with Gasteiger partial charge in [0, 0.05) is 0 Å². The van der Waals surface area contributed by atoms with Crippen LogP contribution in [0, 0.1) is 16.0 Å². The molecule has 106 valence electrons. The lowest BCUT2D eigenvalue weighted by molar-refractivity contribution is -0.386. The molecule has 1 rings (SSSR count). The van der Waals surface area contributed by atoms with Crippen LogP contribution >= 0.6 is 0 Å². The molecular weight excluding hydrogens is 248 g/mol. The largest absolute Gasteiger partial charge is 0.472 e. The third kappa shape index (κ3) is 4.69. The monoisotopic (exact) mass is 268 g/mol. The van der Waals surface area contributed by atoms with Crippen molar-refractivity contribution in [2.45, 2.75) is 39.5 Å². The molecule has 7 heteroatoms. The first-order chi connectivity index (χ1) is 9.08. The van der Waals surface area contributed by atoms with E-state index in [1.165, 1.54) is 0 Å². The summed E-state index contributed by atoms with van der Waals surface area (Å²) in [5.41, 5.74) is 5.17. The molecule has 0 aromatic carbocycles. The maximum Gasteiger partial charge on any atom is 0.349 e. The third-order valence-electron chi connectivity index (χ3n) is 2.95. The van der Waals surface area contributed by atoms with Crippen molar-refractivity contribution < 1.29 is 9.66 Å². The molecule has 0 aliphatic heterocycles. The normalized spacial score (nSPS) is 12.1. The van der Waals surface area contributed by atoms with Gasteiger partial charge in [0.05, 0.1) is 11.5 Å². The Bertz CT molecular complexity index is 425. The average molecular weight is 268 g/mol. The van der Waals surface area contributed by atoms with Crippen LogP contribution in [0.15, 0.2) is 6.20 Å². The molecule has 0 spiro atoms. The summed E-state index contributed by atoms with van der Waals surface area (Å²) in [6, 6.07) is 0. The Balaban J connectivity index is 2.70. The molecule has 0 amide bonds. The zero-order valence-corrected chi connectivity index (χ0v) is 11.3. The second-order valence-electron chi connectivity index (χ2n) is 4.40. The summed E-state index contributed by atoms with van der Waals surface area (Å²) in [6.45, 7) is 4.61. The van der Waals surface area contributed by atoms with Crippen molar-refractivity contribution in [2.24, 2.45) is 5.92 Å². The van der Waals surface area contributed by atoms with Gasteiger partial charge in [0.1, 0.15) is 6.20 Å². The van der Waals surface area contributed by atoms with Crippen LogP contribution in [-0.2, 0) is 0 Å². The quantitative estimate of drug-likeness (QED) is 0.574. The number of nitrogen functional groups attached to an aromatic ring is 1. The van der Waals surface area contributed by atoms with Crippen molar-refractivity contribution in [3.63, 3.8) is 0 Å². The molecule has 1 aromatic rings. The Morgan fingerprint density at radius 2 is 2.26 bits per heavy atom. The first-order valence-electron chi connectivity index (χ1n) is 6.48. The molecule has 2 N–H and O–H groups in total. The molecule has 1 aromatic heterocycles. The molecule has 0 aliphatic carbocycles. The van der Waals surface area contributed by atoms with Crippen LogP contribution in [0.25, 0.3) is 0 Å². The lowest BCUT2D eigenvalue weighted by Gasteiger charge is -2.14. The first kappa shape index (κ1) is 15.1. The predicted octanol–water partition coefficient (Wildman–Crippen LogP) is 2.56. The van der Waals surface area contributed by atoms with E-state index >= 15 is 0 Å². The highest BCUT2D eigenvalue weighted by molar-refractivity contribution is 5.41. The van der Waals surface area contributed by atoms with Gasteiger partial charge in [-0.15, -0.1) is 0 Å². The number of nitrogens with zero attached hydrogens (tertiary/aromatic N) is 3. The second kappa shape index (κ2) is 7.50. The maximum absolute atomic E-state index is 10.8. The van der Waals surface area contributed by atoms with Gasteiger partial charge in [0.2, 0.25) is 5.95 Å². The highest BCUT2D eigenvalue weighted by Crippen LogP contribution is 2.25. The van der Waals surface area contributed by atoms with Crippen molar-refractivity contribution in [3.8, 4) is 5.88 Å². The van der Waals surface area contributed by atoms with E-state index in [-0.39, 0.29) is 17.5 Å². The summed E-state index contributed by atoms with van der Waals surface area (Å²) >= 11 is 0. The van der Waals surface area contributed by atoms with Crippen molar-refractivity contribution in [1.29, 1.82) is 0 Å². The Kier molecular flexibility index (Phi) is 5.98. The third-order valence-corrected chi connectivity index (χ3v) is 2.95. The zero-order chi connectivity index (χ0) is 14.3. The minimum Gasteiger partial charge on any atom is -0.472 e. The summed E-state index contributed by atoms with van der Waals surface area (Å²) in [7, 11) is 0. The SMILES string of the molecule is CCCCC(CC)COc1nc(N)ncc1[N+](=O)[O-]. The fourth-order valence-corrected chi connectivity index (χ4v) is 1.70. The smallest absolute Gasteiger partial charge is 0.349 e. The van der Waals surface area contributed by atoms with Gasteiger partial charge in [-0.05, 0) is 12.3 Å². The predicted molar refractivity (Wildman–Crippen MR) is 71.9 cm³/mol. The van der Waals surface area contributed by atoms with E-state index in [1.807, 2.05) is 0 Å². The summed E-state index contributed by atoms with van der Waals surface area (Å²) in [5, 5.41) is 10.8. The topological polar surface area (TPSA) is 104 Å².